The molecule has 2 heterocycles. The fraction of sp³-hybridized carbons (Fsp3) is 0.182. The zero-order valence-corrected chi connectivity index (χ0v) is 10.2. The molecule has 0 fully saturated rings. The van der Waals surface area contributed by atoms with Crippen molar-refractivity contribution in [1.82, 2.24) is 15.0 Å². The fourth-order valence-electron chi connectivity index (χ4n) is 1.65. The number of aromatic nitrogens is 3. The number of nitrogens with one attached hydrogen (secondary N) is 1. The Labute approximate surface area is 107 Å². The van der Waals surface area contributed by atoms with E-state index < -0.39 is 10.7 Å². The third-order valence-electron chi connectivity index (χ3n) is 2.49. The van der Waals surface area contributed by atoms with Gasteiger partial charge in [-0.3, -0.25) is 15.1 Å². The van der Waals surface area contributed by atoms with Crippen molar-refractivity contribution in [2.45, 2.75) is 6.92 Å². The molecule has 0 amide bonds. The first-order valence-electron chi connectivity index (χ1n) is 5.35. The van der Waals surface area contributed by atoms with Gasteiger partial charge in [0.05, 0.1) is 11.1 Å². The van der Waals surface area contributed by atoms with Crippen LogP contribution >= 0.6 is 0 Å². The van der Waals surface area contributed by atoms with Gasteiger partial charge in [0.2, 0.25) is 5.95 Å². The summed E-state index contributed by atoms with van der Waals surface area (Å²) in [5, 5.41) is 13.8. The van der Waals surface area contributed by atoms with E-state index in [9.17, 15) is 14.5 Å². The minimum Gasteiger partial charge on any atom is -0.357 e. The quantitative estimate of drug-likeness (QED) is 0.671. The van der Waals surface area contributed by atoms with Crippen LogP contribution in [0.25, 0.3) is 11.3 Å². The minimum absolute atomic E-state index is 0.0173. The van der Waals surface area contributed by atoms with E-state index in [0.717, 1.165) is 6.20 Å². The molecule has 0 aliphatic carbocycles. The predicted octanol–water partition coefficient (Wildman–Crippen LogP) is 1.94. The number of nitrogens with zero attached hydrogens (tertiary/aromatic N) is 4. The van der Waals surface area contributed by atoms with E-state index in [1.807, 2.05) is 0 Å². The Hall–Kier alpha value is -2.64. The van der Waals surface area contributed by atoms with E-state index >= 15 is 0 Å². The molecule has 0 aliphatic heterocycles. The Bertz CT molecular complexity index is 647. The molecule has 0 radical (unpaired) electrons. The van der Waals surface area contributed by atoms with Gasteiger partial charge in [-0.25, -0.2) is 14.4 Å². The lowest BCUT2D eigenvalue weighted by Crippen LogP contribution is -2.05. The molecule has 8 heteroatoms. The van der Waals surface area contributed by atoms with Crippen molar-refractivity contribution in [1.29, 1.82) is 0 Å². The van der Waals surface area contributed by atoms with Gasteiger partial charge in [-0.1, -0.05) is 0 Å². The third kappa shape index (κ3) is 2.32. The number of nitro groups is 1. The Kier molecular flexibility index (Phi) is 3.32. The molecule has 0 unspecified atom stereocenters. The van der Waals surface area contributed by atoms with Crippen molar-refractivity contribution in [2.75, 3.05) is 12.4 Å². The Morgan fingerprint density at radius 2 is 2.16 bits per heavy atom. The van der Waals surface area contributed by atoms with Gasteiger partial charge in [-0.2, -0.15) is 0 Å². The standard InChI is InChI=1S/C11H10FN5O2/c1-6-10(17(18)19)9(16-11(13-2)15-6)7-3-4-14-5-8(7)12/h3-5H,1-2H3,(H,13,15,16). The average Bonchev–Trinajstić information content (AvgIpc) is 2.37. The Morgan fingerprint density at radius 1 is 1.42 bits per heavy atom. The molecule has 1 N–H and O–H groups in total. The molecule has 2 aromatic rings. The zero-order valence-electron chi connectivity index (χ0n) is 10.2. The summed E-state index contributed by atoms with van der Waals surface area (Å²) >= 11 is 0. The molecule has 0 spiro atoms. The SMILES string of the molecule is CNc1nc(C)c([N+](=O)[O-])c(-c2ccncc2F)n1. The zero-order chi connectivity index (χ0) is 14.0. The smallest absolute Gasteiger partial charge is 0.316 e. The van der Waals surface area contributed by atoms with Crippen molar-refractivity contribution in [3.63, 3.8) is 0 Å². The molecule has 0 saturated carbocycles. The Morgan fingerprint density at radius 3 is 2.74 bits per heavy atom. The summed E-state index contributed by atoms with van der Waals surface area (Å²) in [5.74, 6) is -0.486. The molecule has 0 aliphatic rings. The summed E-state index contributed by atoms with van der Waals surface area (Å²) in [6.07, 6.45) is 2.33. The second kappa shape index (κ2) is 4.92. The number of halogens is 1. The minimum atomic E-state index is -0.675. The van der Waals surface area contributed by atoms with Crippen LogP contribution in [0.3, 0.4) is 0 Å². The molecule has 0 bridgehead atoms. The van der Waals surface area contributed by atoms with Crippen molar-refractivity contribution in [2.24, 2.45) is 0 Å². The van der Waals surface area contributed by atoms with Crippen molar-refractivity contribution >= 4 is 11.6 Å². The number of aryl methyl sites for hydroxylation is 1. The fourth-order valence-corrected chi connectivity index (χ4v) is 1.65. The van der Waals surface area contributed by atoms with Gasteiger partial charge in [0.25, 0.3) is 0 Å². The number of anilines is 1. The third-order valence-corrected chi connectivity index (χ3v) is 2.49. The molecule has 7 nitrogen and oxygen atoms in total. The van der Waals surface area contributed by atoms with Gasteiger partial charge in [0, 0.05) is 18.8 Å². The second-order valence-electron chi connectivity index (χ2n) is 3.69. The van der Waals surface area contributed by atoms with E-state index in [4.69, 9.17) is 0 Å². The van der Waals surface area contributed by atoms with Crippen LogP contribution < -0.4 is 5.32 Å². The Balaban J connectivity index is 2.77. The average molecular weight is 263 g/mol. The lowest BCUT2D eigenvalue weighted by atomic mass is 10.1. The van der Waals surface area contributed by atoms with Gasteiger partial charge >= 0.3 is 5.69 Å². The number of hydrogen-bond donors (Lipinski definition) is 1. The van der Waals surface area contributed by atoms with Crippen molar-refractivity contribution in [3.05, 3.63) is 40.1 Å². The molecule has 98 valence electrons. The molecule has 0 saturated heterocycles. The summed E-state index contributed by atoms with van der Waals surface area (Å²) in [6.45, 7) is 1.48. The van der Waals surface area contributed by atoms with Gasteiger partial charge in [-0.05, 0) is 13.0 Å². The van der Waals surface area contributed by atoms with Crippen LogP contribution in [0, 0.1) is 22.9 Å². The maximum Gasteiger partial charge on any atom is 0.316 e. The van der Waals surface area contributed by atoms with E-state index in [0.29, 0.717) is 0 Å². The van der Waals surface area contributed by atoms with Crippen molar-refractivity contribution < 1.29 is 9.31 Å². The second-order valence-corrected chi connectivity index (χ2v) is 3.69. The summed E-state index contributed by atoms with van der Waals surface area (Å²) in [5.41, 5.74) is -0.204. The first-order valence-corrected chi connectivity index (χ1v) is 5.35. The van der Waals surface area contributed by atoms with Crippen LogP contribution in [0.2, 0.25) is 0 Å². The van der Waals surface area contributed by atoms with Crippen LogP contribution in [-0.2, 0) is 0 Å². The molecule has 2 rings (SSSR count). The van der Waals surface area contributed by atoms with Crippen LogP contribution in [0.4, 0.5) is 16.0 Å². The molecule has 19 heavy (non-hydrogen) atoms. The topological polar surface area (TPSA) is 93.8 Å². The first kappa shape index (κ1) is 12.8. The molecule has 2 aromatic heterocycles. The lowest BCUT2D eigenvalue weighted by Gasteiger charge is -2.07. The number of hydrogen-bond acceptors (Lipinski definition) is 6. The molecular weight excluding hydrogens is 253 g/mol. The number of rotatable bonds is 3. The molecule has 0 atom stereocenters. The molecule has 0 aromatic carbocycles. The molecular formula is C11H10FN5O2. The highest BCUT2D eigenvalue weighted by Crippen LogP contribution is 2.32. The van der Waals surface area contributed by atoms with Crippen LogP contribution in [0.15, 0.2) is 18.5 Å². The normalized spacial score (nSPS) is 10.3. The van der Waals surface area contributed by atoms with Crippen LogP contribution in [0.1, 0.15) is 5.69 Å². The van der Waals surface area contributed by atoms with Gasteiger partial charge in [0.1, 0.15) is 5.69 Å². The highest BCUT2D eigenvalue weighted by molar-refractivity contribution is 5.72. The first-order chi connectivity index (χ1) is 9.04. The summed E-state index contributed by atoms with van der Waals surface area (Å²) in [7, 11) is 1.58. The van der Waals surface area contributed by atoms with Crippen LogP contribution in [-0.4, -0.2) is 26.9 Å². The predicted molar refractivity (Wildman–Crippen MR) is 66.2 cm³/mol. The highest BCUT2D eigenvalue weighted by atomic mass is 19.1. The summed E-state index contributed by atoms with van der Waals surface area (Å²) in [4.78, 5) is 22.0. The maximum atomic E-state index is 13.7. The van der Waals surface area contributed by atoms with Gasteiger partial charge in [0.15, 0.2) is 11.5 Å². The lowest BCUT2D eigenvalue weighted by molar-refractivity contribution is -0.385. The van der Waals surface area contributed by atoms with Gasteiger partial charge < -0.3 is 5.32 Å². The van der Waals surface area contributed by atoms with E-state index in [-0.39, 0.29) is 28.6 Å². The number of pyridine rings is 1. The van der Waals surface area contributed by atoms with Gasteiger partial charge in [-0.15, -0.1) is 0 Å². The maximum absolute atomic E-state index is 13.7. The van der Waals surface area contributed by atoms with E-state index in [1.54, 1.807) is 7.05 Å². The largest absolute Gasteiger partial charge is 0.357 e. The summed E-state index contributed by atoms with van der Waals surface area (Å²) in [6, 6.07) is 1.34. The van der Waals surface area contributed by atoms with Crippen LogP contribution in [0.5, 0.6) is 0 Å². The van der Waals surface area contributed by atoms with E-state index in [1.165, 1.54) is 19.2 Å². The van der Waals surface area contributed by atoms with E-state index in [2.05, 4.69) is 20.3 Å². The monoisotopic (exact) mass is 263 g/mol. The van der Waals surface area contributed by atoms with Crippen molar-refractivity contribution in [3.8, 4) is 11.3 Å². The summed E-state index contributed by atoms with van der Waals surface area (Å²) < 4.78 is 13.7. The highest BCUT2D eigenvalue weighted by Gasteiger charge is 2.24.